The van der Waals surface area contributed by atoms with Gasteiger partial charge in [-0.3, -0.25) is 9.59 Å². The summed E-state index contributed by atoms with van der Waals surface area (Å²) in [6.07, 6.45) is 6.00. The summed E-state index contributed by atoms with van der Waals surface area (Å²) in [4.78, 5) is 33.7. The molecule has 7 heteroatoms. The molecule has 23 heavy (non-hydrogen) atoms. The number of nitrogens with one attached hydrogen (secondary N) is 1. The molecule has 1 fully saturated rings. The Morgan fingerprint density at radius 3 is 2.70 bits per heavy atom. The lowest BCUT2D eigenvalue weighted by atomic mass is 9.88. The van der Waals surface area contributed by atoms with E-state index >= 15 is 0 Å². The van der Waals surface area contributed by atoms with Gasteiger partial charge in [-0.2, -0.15) is 0 Å². The fraction of sp³-hybridized carbons (Fsp3) is 0.625. The molecule has 1 aliphatic heterocycles. The second-order valence-corrected chi connectivity index (χ2v) is 6.00. The van der Waals surface area contributed by atoms with Gasteiger partial charge >= 0.3 is 0 Å². The molecule has 0 radical (unpaired) electrons. The second-order valence-electron chi connectivity index (χ2n) is 6.00. The van der Waals surface area contributed by atoms with E-state index in [9.17, 15) is 14.7 Å². The average molecular weight is 320 g/mol. The summed E-state index contributed by atoms with van der Waals surface area (Å²) in [5, 5.41) is 13.2. The van der Waals surface area contributed by atoms with E-state index < -0.39 is 5.60 Å². The maximum atomic E-state index is 12.5. The zero-order valence-corrected chi connectivity index (χ0v) is 13.7. The predicted octanol–water partition coefficient (Wildman–Crippen LogP) is 0.532. The van der Waals surface area contributed by atoms with E-state index in [1.807, 2.05) is 6.92 Å². The summed E-state index contributed by atoms with van der Waals surface area (Å²) in [5.74, 6) is -0.233. The monoisotopic (exact) mass is 320 g/mol. The van der Waals surface area contributed by atoms with Crippen LogP contribution in [-0.2, 0) is 11.2 Å². The van der Waals surface area contributed by atoms with E-state index in [1.165, 1.54) is 0 Å². The van der Waals surface area contributed by atoms with Gasteiger partial charge in [-0.25, -0.2) is 9.97 Å². The molecular formula is C16H24N4O3. The van der Waals surface area contributed by atoms with Crippen molar-refractivity contribution in [3.63, 3.8) is 0 Å². The average Bonchev–Trinajstić information content (AvgIpc) is 2.59. The zero-order chi connectivity index (χ0) is 16.9. The number of piperidine rings is 1. The number of nitrogens with zero attached hydrogens (tertiary/aromatic N) is 3. The molecule has 1 saturated heterocycles. The minimum atomic E-state index is -1.02. The largest absolute Gasteiger partial charge is 0.388 e. The van der Waals surface area contributed by atoms with Crippen LogP contribution in [0.5, 0.6) is 0 Å². The fourth-order valence-electron chi connectivity index (χ4n) is 2.75. The molecule has 2 N–H and O–H groups in total. The zero-order valence-electron chi connectivity index (χ0n) is 13.7. The van der Waals surface area contributed by atoms with Crippen LogP contribution in [-0.4, -0.2) is 57.5 Å². The highest BCUT2D eigenvalue weighted by molar-refractivity contribution is 5.90. The Morgan fingerprint density at radius 1 is 1.39 bits per heavy atom. The summed E-state index contributed by atoms with van der Waals surface area (Å²) in [5.41, 5.74) is -0.0497. The smallest absolute Gasteiger partial charge is 0.291 e. The highest BCUT2D eigenvalue weighted by atomic mass is 16.3. The van der Waals surface area contributed by atoms with Gasteiger partial charge in [0, 0.05) is 39.0 Å². The third kappa shape index (κ3) is 4.48. The summed E-state index contributed by atoms with van der Waals surface area (Å²) in [7, 11) is 1.57. The first-order chi connectivity index (χ1) is 11.0. The van der Waals surface area contributed by atoms with Crippen molar-refractivity contribution in [2.45, 2.75) is 44.6 Å². The Hall–Kier alpha value is -2.02. The highest BCUT2D eigenvalue weighted by Gasteiger charge is 2.36. The highest BCUT2D eigenvalue weighted by Crippen LogP contribution is 2.26. The molecule has 2 rings (SSSR count). The number of β-amino-alcohol motifs (C(OH)–C–C–N with tert-alkyl or cyclic N) is 1. The van der Waals surface area contributed by atoms with Crippen molar-refractivity contribution < 1.29 is 14.7 Å². The van der Waals surface area contributed by atoms with Crippen LogP contribution >= 0.6 is 0 Å². The predicted molar refractivity (Wildman–Crippen MR) is 84.8 cm³/mol. The molecule has 1 aliphatic rings. The van der Waals surface area contributed by atoms with Gasteiger partial charge < -0.3 is 15.3 Å². The quantitative estimate of drug-likeness (QED) is 0.825. The minimum Gasteiger partial charge on any atom is -0.388 e. The van der Waals surface area contributed by atoms with Gasteiger partial charge in [0.15, 0.2) is 0 Å². The van der Waals surface area contributed by atoms with Crippen molar-refractivity contribution in [3.8, 4) is 0 Å². The Bertz CT molecular complexity index is 561. The number of amides is 2. The molecule has 0 bridgehead atoms. The maximum Gasteiger partial charge on any atom is 0.291 e. The second kappa shape index (κ2) is 7.50. The number of hydrogen-bond donors (Lipinski definition) is 2. The van der Waals surface area contributed by atoms with Crippen LogP contribution in [0, 0.1) is 0 Å². The number of aliphatic hydroxyl groups is 1. The molecule has 0 saturated carbocycles. The molecule has 0 aliphatic carbocycles. The van der Waals surface area contributed by atoms with Crippen LogP contribution in [0.2, 0.25) is 0 Å². The minimum absolute atomic E-state index is 0.111. The van der Waals surface area contributed by atoms with E-state index in [2.05, 4.69) is 15.3 Å². The SMILES string of the molecule is CCc1cnc(C(=O)N2CCC[C@](O)(CCC(=O)NC)C2)nc1. The maximum absolute atomic E-state index is 12.5. The van der Waals surface area contributed by atoms with Crippen molar-refractivity contribution in [3.05, 3.63) is 23.8 Å². The van der Waals surface area contributed by atoms with Crippen molar-refractivity contribution in [2.75, 3.05) is 20.1 Å². The molecule has 0 spiro atoms. The van der Waals surface area contributed by atoms with Gasteiger partial charge in [-0.1, -0.05) is 6.92 Å². The lowest BCUT2D eigenvalue weighted by Gasteiger charge is -2.38. The number of carbonyl (C=O) groups is 2. The standard InChI is InChI=1S/C16H24N4O3/c1-3-12-9-18-14(19-10-12)15(22)20-8-4-6-16(23,11-20)7-5-13(21)17-2/h9-10,23H,3-8,11H2,1-2H3,(H,17,21)/t16-/m0/s1. The number of rotatable bonds is 5. The van der Waals surface area contributed by atoms with Gasteiger partial charge in [0.2, 0.25) is 11.7 Å². The van der Waals surface area contributed by atoms with E-state index in [1.54, 1.807) is 24.3 Å². The first-order valence-electron chi connectivity index (χ1n) is 8.00. The number of aromatic nitrogens is 2. The fourth-order valence-corrected chi connectivity index (χ4v) is 2.75. The van der Waals surface area contributed by atoms with Crippen LogP contribution in [0.1, 0.15) is 48.8 Å². The molecule has 7 nitrogen and oxygen atoms in total. The molecule has 1 aromatic heterocycles. The van der Waals surface area contributed by atoms with E-state index in [0.29, 0.717) is 25.8 Å². The van der Waals surface area contributed by atoms with E-state index in [0.717, 1.165) is 12.0 Å². The normalized spacial score (nSPS) is 21.1. The van der Waals surface area contributed by atoms with Gasteiger partial charge in [0.25, 0.3) is 5.91 Å². The van der Waals surface area contributed by atoms with E-state index in [-0.39, 0.29) is 30.6 Å². The summed E-state index contributed by atoms with van der Waals surface area (Å²) in [6.45, 7) is 2.78. The number of aryl methyl sites for hydroxylation is 1. The van der Waals surface area contributed by atoms with Crippen LogP contribution in [0.3, 0.4) is 0 Å². The molecule has 0 unspecified atom stereocenters. The molecule has 1 aromatic rings. The Labute approximate surface area is 136 Å². The van der Waals surface area contributed by atoms with Crippen LogP contribution < -0.4 is 5.32 Å². The van der Waals surface area contributed by atoms with Crippen molar-refractivity contribution >= 4 is 11.8 Å². The lowest BCUT2D eigenvalue weighted by Crippen LogP contribution is -2.51. The van der Waals surface area contributed by atoms with Gasteiger partial charge in [0.1, 0.15) is 0 Å². The topological polar surface area (TPSA) is 95.4 Å². The van der Waals surface area contributed by atoms with E-state index in [4.69, 9.17) is 0 Å². The lowest BCUT2D eigenvalue weighted by molar-refractivity contribution is -0.122. The first kappa shape index (κ1) is 17.3. The Morgan fingerprint density at radius 2 is 2.09 bits per heavy atom. The Kier molecular flexibility index (Phi) is 5.65. The van der Waals surface area contributed by atoms with Gasteiger partial charge in [-0.05, 0) is 31.2 Å². The number of hydrogen-bond acceptors (Lipinski definition) is 5. The number of carbonyl (C=O) groups excluding carboxylic acids is 2. The van der Waals surface area contributed by atoms with Crippen molar-refractivity contribution in [1.82, 2.24) is 20.2 Å². The summed E-state index contributed by atoms with van der Waals surface area (Å²) < 4.78 is 0. The third-order valence-corrected chi connectivity index (χ3v) is 4.24. The van der Waals surface area contributed by atoms with Crippen LogP contribution in [0.25, 0.3) is 0 Å². The molecule has 0 aromatic carbocycles. The van der Waals surface area contributed by atoms with Crippen LogP contribution in [0.15, 0.2) is 12.4 Å². The van der Waals surface area contributed by atoms with Crippen LogP contribution in [0.4, 0.5) is 0 Å². The van der Waals surface area contributed by atoms with Crippen molar-refractivity contribution in [2.24, 2.45) is 0 Å². The number of likely N-dealkylation sites (tertiary alicyclic amines) is 1. The summed E-state index contributed by atoms with van der Waals surface area (Å²) >= 11 is 0. The molecule has 2 amide bonds. The Balaban J connectivity index is 2.01. The van der Waals surface area contributed by atoms with Gasteiger partial charge in [0.05, 0.1) is 5.60 Å². The first-order valence-corrected chi connectivity index (χ1v) is 8.00. The molecule has 126 valence electrons. The molecular weight excluding hydrogens is 296 g/mol. The third-order valence-electron chi connectivity index (χ3n) is 4.24. The molecule has 1 atom stereocenters. The van der Waals surface area contributed by atoms with Gasteiger partial charge in [-0.15, -0.1) is 0 Å². The molecule has 2 heterocycles. The van der Waals surface area contributed by atoms with Crippen molar-refractivity contribution in [1.29, 1.82) is 0 Å². The summed E-state index contributed by atoms with van der Waals surface area (Å²) in [6, 6.07) is 0.